The van der Waals surface area contributed by atoms with Gasteiger partial charge in [-0.3, -0.25) is 4.79 Å². The van der Waals surface area contributed by atoms with Crippen LogP contribution in [0.2, 0.25) is 0 Å². The number of rotatable bonds is 1. The molecule has 0 N–H and O–H groups in total. The summed E-state index contributed by atoms with van der Waals surface area (Å²) in [5.41, 5.74) is 0. The van der Waals surface area contributed by atoms with E-state index < -0.39 is 0 Å². The molecular formula is C3H4BrO2. The Kier molecular flexibility index (Phi) is 3.13. The van der Waals surface area contributed by atoms with Gasteiger partial charge in [0.25, 0.3) is 0 Å². The van der Waals surface area contributed by atoms with Crippen LogP contribution in [0.15, 0.2) is 0 Å². The molecular weight excluding hydrogens is 148 g/mol. The molecule has 0 amide bonds. The molecule has 1 radical (unpaired) electrons. The summed E-state index contributed by atoms with van der Waals surface area (Å²) in [5, 5.41) is 1.17. The molecule has 0 heterocycles. The van der Waals surface area contributed by atoms with Gasteiger partial charge < -0.3 is 4.74 Å². The summed E-state index contributed by atoms with van der Waals surface area (Å²) in [6.45, 7) is 0. The normalized spacial score (nSPS) is 7.67. The monoisotopic (exact) mass is 151 g/mol. The lowest BCUT2D eigenvalue weighted by Gasteiger charge is -1.85. The van der Waals surface area contributed by atoms with Crippen LogP contribution in [0.5, 0.6) is 0 Å². The fraction of sp³-hybridized carbons (Fsp3) is 0.333. The highest BCUT2D eigenvalue weighted by atomic mass is 79.9. The summed E-state index contributed by atoms with van der Waals surface area (Å²) in [5.74, 6) is -0.366. The zero-order chi connectivity index (χ0) is 4.99. The smallest absolute Gasteiger partial charge is 0.321 e. The predicted octanol–water partition coefficient (Wildman–Crippen LogP) is 0.716. The number of carbonyl (C=O) groups excluding carboxylic acids is 1. The average Bonchev–Trinajstić information content (AvgIpc) is 1.65. The molecule has 0 aromatic carbocycles. The van der Waals surface area contributed by atoms with Crippen molar-refractivity contribution in [2.45, 2.75) is 0 Å². The highest BCUT2D eigenvalue weighted by Crippen LogP contribution is 1.88. The van der Waals surface area contributed by atoms with E-state index in [9.17, 15) is 4.79 Å². The van der Waals surface area contributed by atoms with Gasteiger partial charge in [0.2, 0.25) is 0 Å². The van der Waals surface area contributed by atoms with Crippen molar-refractivity contribution in [3.8, 4) is 0 Å². The van der Waals surface area contributed by atoms with Crippen molar-refractivity contribution in [2.75, 3.05) is 7.11 Å². The second kappa shape index (κ2) is 3.15. The minimum absolute atomic E-state index is 0.366. The topological polar surface area (TPSA) is 26.3 Å². The lowest BCUT2D eigenvalue weighted by atomic mass is 10.8. The van der Waals surface area contributed by atoms with Gasteiger partial charge in [-0.05, 0) is 0 Å². The van der Waals surface area contributed by atoms with E-state index in [1.54, 1.807) is 0 Å². The molecule has 2 nitrogen and oxygen atoms in total. The molecule has 0 saturated heterocycles. The second-order valence-electron chi connectivity index (χ2n) is 0.632. The van der Waals surface area contributed by atoms with Gasteiger partial charge >= 0.3 is 5.97 Å². The van der Waals surface area contributed by atoms with E-state index in [4.69, 9.17) is 0 Å². The first-order valence-electron chi connectivity index (χ1n) is 1.32. The molecule has 0 aliphatic carbocycles. The maximum Gasteiger partial charge on any atom is 0.321 e. The molecule has 3 heteroatoms. The molecule has 0 aromatic heterocycles. The van der Waals surface area contributed by atoms with Crippen molar-refractivity contribution in [1.29, 1.82) is 0 Å². The maximum absolute atomic E-state index is 9.86. The van der Waals surface area contributed by atoms with Crippen LogP contribution in [0, 0.1) is 5.33 Å². The summed E-state index contributed by atoms with van der Waals surface area (Å²) in [6.07, 6.45) is 0. The van der Waals surface area contributed by atoms with E-state index in [2.05, 4.69) is 20.7 Å². The van der Waals surface area contributed by atoms with Gasteiger partial charge in [0, 0.05) is 0 Å². The highest BCUT2D eigenvalue weighted by Gasteiger charge is 1.90. The third-order valence-electron chi connectivity index (χ3n) is 0.290. The number of methoxy groups -OCH3 is 1. The van der Waals surface area contributed by atoms with Gasteiger partial charge in [0.05, 0.1) is 7.11 Å². The molecule has 0 rings (SSSR count). The Hall–Kier alpha value is -0.0500. The molecule has 0 unspecified atom stereocenters. The Labute approximate surface area is 44.6 Å². The van der Waals surface area contributed by atoms with Crippen LogP contribution in [0.4, 0.5) is 0 Å². The first-order chi connectivity index (χ1) is 2.81. The van der Waals surface area contributed by atoms with E-state index in [0.717, 1.165) is 0 Å². The van der Waals surface area contributed by atoms with Crippen LogP contribution < -0.4 is 0 Å². The summed E-state index contributed by atoms with van der Waals surface area (Å²) in [7, 11) is 1.32. The number of hydrogen-bond acceptors (Lipinski definition) is 2. The van der Waals surface area contributed by atoms with Gasteiger partial charge in [0.15, 0.2) is 0 Å². The van der Waals surface area contributed by atoms with Crippen molar-refractivity contribution in [3.05, 3.63) is 5.33 Å². The van der Waals surface area contributed by atoms with Gasteiger partial charge in [-0.2, -0.15) is 0 Å². The quantitative estimate of drug-likeness (QED) is 0.517. The summed E-state index contributed by atoms with van der Waals surface area (Å²) in [4.78, 5) is 9.86. The molecule has 0 spiro atoms. The van der Waals surface area contributed by atoms with E-state index in [1.165, 1.54) is 12.4 Å². The molecule has 0 fully saturated rings. The third kappa shape index (κ3) is 2.20. The van der Waals surface area contributed by atoms with Crippen LogP contribution in [0.1, 0.15) is 0 Å². The van der Waals surface area contributed by atoms with Crippen LogP contribution in [0.25, 0.3) is 0 Å². The average molecular weight is 152 g/mol. The lowest BCUT2D eigenvalue weighted by Crippen LogP contribution is -1.94. The Morgan fingerprint density at radius 3 is 2.50 bits per heavy atom. The van der Waals surface area contributed by atoms with Crippen molar-refractivity contribution >= 4 is 21.9 Å². The summed E-state index contributed by atoms with van der Waals surface area (Å²) in [6, 6.07) is 0. The first-order valence-corrected chi connectivity index (χ1v) is 2.24. The van der Waals surface area contributed by atoms with E-state index in [0.29, 0.717) is 0 Å². The van der Waals surface area contributed by atoms with Gasteiger partial charge in [-0.1, -0.05) is 15.9 Å². The third-order valence-corrected chi connectivity index (χ3v) is 0.664. The Bertz CT molecular complexity index is 46.8. The van der Waals surface area contributed by atoms with Crippen molar-refractivity contribution < 1.29 is 9.53 Å². The SMILES string of the molecule is COC(=O)[CH]Br. The highest BCUT2D eigenvalue weighted by molar-refractivity contribution is 9.11. The largest absolute Gasteiger partial charge is 0.468 e. The summed E-state index contributed by atoms with van der Waals surface area (Å²) >= 11 is 2.78. The minimum atomic E-state index is -0.366. The van der Waals surface area contributed by atoms with Crippen LogP contribution in [-0.2, 0) is 9.53 Å². The van der Waals surface area contributed by atoms with Gasteiger partial charge in [-0.25, -0.2) is 0 Å². The fourth-order valence-electron chi connectivity index (χ4n) is 0.0445. The van der Waals surface area contributed by atoms with Gasteiger partial charge in [-0.15, -0.1) is 0 Å². The van der Waals surface area contributed by atoms with E-state index in [-0.39, 0.29) is 5.97 Å². The molecule has 0 bridgehead atoms. The maximum atomic E-state index is 9.86. The molecule has 0 aliphatic rings. The molecule has 0 aromatic rings. The van der Waals surface area contributed by atoms with Gasteiger partial charge in [0.1, 0.15) is 5.33 Å². The van der Waals surface area contributed by atoms with Crippen LogP contribution in [0.3, 0.4) is 0 Å². The number of esters is 1. The molecule has 6 heavy (non-hydrogen) atoms. The Morgan fingerprint density at radius 2 is 2.50 bits per heavy atom. The second-order valence-corrected chi connectivity index (χ2v) is 1.09. The molecule has 0 atom stereocenters. The predicted molar refractivity (Wildman–Crippen MR) is 25.2 cm³/mol. The molecule has 35 valence electrons. The Morgan fingerprint density at radius 1 is 2.00 bits per heavy atom. The molecule has 0 aliphatic heterocycles. The van der Waals surface area contributed by atoms with Crippen molar-refractivity contribution in [3.63, 3.8) is 0 Å². The zero-order valence-corrected chi connectivity index (χ0v) is 4.86. The van der Waals surface area contributed by atoms with Crippen LogP contribution in [-0.4, -0.2) is 13.1 Å². The number of carbonyl (C=O) groups is 1. The number of halogens is 1. The van der Waals surface area contributed by atoms with Crippen molar-refractivity contribution in [2.24, 2.45) is 0 Å². The van der Waals surface area contributed by atoms with Crippen molar-refractivity contribution in [1.82, 2.24) is 0 Å². The molecule has 0 saturated carbocycles. The number of hydrogen-bond donors (Lipinski definition) is 0. The Balaban J connectivity index is 2.99. The lowest BCUT2D eigenvalue weighted by molar-refractivity contribution is -0.135. The fourth-order valence-corrected chi connectivity index (χ4v) is 0.231. The first kappa shape index (κ1) is 5.95. The van der Waals surface area contributed by atoms with E-state index in [1.807, 2.05) is 0 Å². The van der Waals surface area contributed by atoms with E-state index >= 15 is 0 Å². The zero-order valence-electron chi connectivity index (χ0n) is 3.27. The minimum Gasteiger partial charge on any atom is -0.468 e. The number of ether oxygens (including phenoxy) is 1. The summed E-state index contributed by atoms with van der Waals surface area (Å²) < 4.78 is 4.16. The standard InChI is InChI=1S/C3H4BrO2/c1-6-3(5)2-4/h2H,1H3. The van der Waals surface area contributed by atoms with Crippen LogP contribution >= 0.6 is 15.9 Å².